The monoisotopic (exact) mass is 446 g/mol. The van der Waals surface area contributed by atoms with Crippen LogP contribution in [0.5, 0.6) is 5.75 Å². The standard InChI is InChI=1S/C24H31FN2O3S/c25-20-8-5-9-22(18-20)31(28,29)26-21-12-14-27(15-13-21)16-17-30-24-11-4-3-10-23(24)19-6-1-2-7-19/h3-5,8-11,18-19,21,26H,1-2,6-7,12-17H2. The van der Waals surface area contributed by atoms with E-state index in [9.17, 15) is 12.8 Å². The molecule has 2 fully saturated rings. The van der Waals surface area contributed by atoms with E-state index in [1.165, 1.54) is 49.4 Å². The molecule has 1 aliphatic carbocycles. The molecule has 1 heterocycles. The fraction of sp³-hybridized carbons (Fsp3) is 0.500. The Morgan fingerprint density at radius 2 is 1.74 bits per heavy atom. The number of benzene rings is 2. The predicted octanol–water partition coefficient (Wildman–Crippen LogP) is 4.31. The SMILES string of the molecule is O=S(=O)(NC1CCN(CCOc2ccccc2C2CCCC2)CC1)c1cccc(F)c1. The first-order valence-electron chi connectivity index (χ1n) is 11.2. The van der Waals surface area contributed by atoms with E-state index < -0.39 is 15.8 Å². The Morgan fingerprint density at radius 1 is 1.00 bits per heavy atom. The Morgan fingerprint density at radius 3 is 2.48 bits per heavy atom. The fourth-order valence-electron chi connectivity index (χ4n) is 4.67. The van der Waals surface area contributed by atoms with Crippen LogP contribution in [0.25, 0.3) is 0 Å². The summed E-state index contributed by atoms with van der Waals surface area (Å²) >= 11 is 0. The molecule has 1 N–H and O–H groups in total. The smallest absolute Gasteiger partial charge is 0.240 e. The zero-order valence-corrected chi connectivity index (χ0v) is 18.6. The van der Waals surface area contributed by atoms with Crippen molar-refractivity contribution in [2.75, 3.05) is 26.2 Å². The highest BCUT2D eigenvalue weighted by molar-refractivity contribution is 7.89. The van der Waals surface area contributed by atoms with Gasteiger partial charge in [-0.3, -0.25) is 4.90 Å². The van der Waals surface area contributed by atoms with Gasteiger partial charge in [0.2, 0.25) is 10.0 Å². The minimum absolute atomic E-state index is 0.0238. The van der Waals surface area contributed by atoms with Crippen LogP contribution in [0.4, 0.5) is 4.39 Å². The van der Waals surface area contributed by atoms with Crippen molar-refractivity contribution in [3.05, 3.63) is 59.9 Å². The van der Waals surface area contributed by atoms with Gasteiger partial charge in [0.05, 0.1) is 4.90 Å². The summed E-state index contributed by atoms with van der Waals surface area (Å²) in [6.07, 6.45) is 6.56. The molecule has 168 valence electrons. The van der Waals surface area contributed by atoms with E-state index in [0.29, 0.717) is 12.5 Å². The molecule has 1 saturated heterocycles. The third kappa shape index (κ3) is 5.84. The maximum atomic E-state index is 13.4. The minimum atomic E-state index is -3.70. The van der Waals surface area contributed by atoms with E-state index in [1.54, 1.807) is 0 Å². The van der Waals surface area contributed by atoms with Crippen LogP contribution in [0.3, 0.4) is 0 Å². The second kappa shape index (κ2) is 10.1. The molecule has 0 amide bonds. The second-order valence-electron chi connectivity index (χ2n) is 8.56. The van der Waals surface area contributed by atoms with Crippen LogP contribution in [-0.2, 0) is 10.0 Å². The molecule has 7 heteroatoms. The lowest BCUT2D eigenvalue weighted by Crippen LogP contribution is -2.45. The highest BCUT2D eigenvalue weighted by atomic mass is 32.2. The Kier molecular flexibility index (Phi) is 7.25. The molecule has 1 aliphatic heterocycles. The number of nitrogens with one attached hydrogen (secondary N) is 1. The van der Waals surface area contributed by atoms with E-state index >= 15 is 0 Å². The lowest BCUT2D eigenvalue weighted by atomic mass is 9.97. The molecular formula is C24H31FN2O3S. The largest absolute Gasteiger partial charge is 0.492 e. The van der Waals surface area contributed by atoms with Gasteiger partial charge in [0.1, 0.15) is 18.2 Å². The average Bonchev–Trinajstić information content (AvgIpc) is 3.30. The van der Waals surface area contributed by atoms with Crippen molar-refractivity contribution in [1.29, 1.82) is 0 Å². The topological polar surface area (TPSA) is 58.6 Å². The van der Waals surface area contributed by atoms with Crippen LogP contribution >= 0.6 is 0 Å². The number of hydrogen-bond donors (Lipinski definition) is 1. The van der Waals surface area contributed by atoms with Crippen LogP contribution in [-0.4, -0.2) is 45.6 Å². The number of nitrogens with zero attached hydrogens (tertiary/aromatic N) is 1. The molecule has 0 bridgehead atoms. The number of halogens is 1. The van der Waals surface area contributed by atoms with Crippen LogP contribution < -0.4 is 9.46 Å². The molecule has 2 aromatic rings. The van der Waals surface area contributed by atoms with Crippen molar-refractivity contribution in [1.82, 2.24) is 9.62 Å². The summed E-state index contributed by atoms with van der Waals surface area (Å²) < 4.78 is 47.2. The Labute approximate surface area is 184 Å². The van der Waals surface area contributed by atoms with E-state index in [4.69, 9.17) is 4.74 Å². The van der Waals surface area contributed by atoms with Gasteiger partial charge in [-0.25, -0.2) is 17.5 Å². The fourth-order valence-corrected chi connectivity index (χ4v) is 6.00. The first kappa shape index (κ1) is 22.2. The normalized spacial score (nSPS) is 19.0. The van der Waals surface area contributed by atoms with Crippen molar-refractivity contribution in [2.45, 2.75) is 55.4 Å². The van der Waals surface area contributed by atoms with E-state index in [1.807, 2.05) is 6.07 Å². The minimum Gasteiger partial charge on any atom is -0.492 e. The van der Waals surface area contributed by atoms with Gasteiger partial charge in [-0.05, 0) is 74.5 Å². The highest BCUT2D eigenvalue weighted by Gasteiger charge is 2.25. The zero-order chi connectivity index (χ0) is 21.7. The highest BCUT2D eigenvalue weighted by Crippen LogP contribution is 2.38. The third-order valence-electron chi connectivity index (χ3n) is 6.39. The maximum absolute atomic E-state index is 13.4. The summed E-state index contributed by atoms with van der Waals surface area (Å²) in [5.74, 6) is 1.08. The van der Waals surface area contributed by atoms with Gasteiger partial charge >= 0.3 is 0 Å². The van der Waals surface area contributed by atoms with Crippen molar-refractivity contribution < 1.29 is 17.5 Å². The zero-order valence-electron chi connectivity index (χ0n) is 17.8. The van der Waals surface area contributed by atoms with Crippen LogP contribution in [0.15, 0.2) is 53.4 Å². The number of likely N-dealkylation sites (tertiary alicyclic amines) is 1. The predicted molar refractivity (Wildman–Crippen MR) is 119 cm³/mol. The van der Waals surface area contributed by atoms with Crippen molar-refractivity contribution >= 4 is 10.0 Å². The summed E-state index contributed by atoms with van der Waals surface area (Å²) in [7, 11) is -3.70. The van der Waals surface area contributed by atoms with Crippen molar-refractivity contribution in [3.8, 4) is 5.75 Å². The number of rotatable bonds is 8. The number of piperidine rings is 1. The molecule has 31 heavy (non-hydrogen) atoms. The van der Waals surface area contributed by atoms with Crippen molar-refractivity contribution in [3.63, 3.8) is 0 Å². The van der Waals surface area contributed by atoms with Crippen molar-refractivity contribution in [2.24, 2.45) is 0 Å². The summed E-state index contributed by atoms with van der Waals surface area (Å²) in [5.41, 5.74) is 1.34. The molecule has 0 unspecified atom stereocenters. The first-order chi connectivity index (χ1) is 15.0. The summed E-state index contributed by atoms with van der Waals surface area (Å²) in [6, 6.07) is 13.4. The van der Waals surface area contributed by atoms with Gasteiger partial charge in [-0.2, -0.15) is 0 Å². The second-order valence-corrected chi connectivity index (χ2v) is 10.3. The summed E-state index contributed by atoms with van der Waals surface area (Å²) in [6.45, 7) is 3.07. The number of para-hydroxylation sites is 1. The van der Waals surface area contributed by atoms with Crippen LogP contribution in [0.2, 0.25) is 0 Å². The van der Waals surface area contributed by atoms with Gasteiger partial charge in [0, 0.05) is 12.6 Å². The molecule has 0 aromatic heterocycles. The molecule has 2 aliphatic rings. The Hall–Kier alpha value is -1.96. The van der Waals surface area contributed by atoms with Gasteiger partial charge in [-0.15, -0.1) is 0 Å². The van der Waals surface area contributed by atoms with Crippen LogP contribution in [0.1, 0.15) is 50.0 Å². The molecule has 0 atom stereocenters. The van der Waals surface area contributed by atoms with Gasteiger partial charge in [-0.1, -0.05) is 37.1 Å². The van der Waals surface area contributed by atoms with Gasteiger partial charge in [0.25, 0.3) is 0 Å². The molecule has 0 radical (unpaired) electrons. The summed E-state index contributed by atoms with van der Waals surface area (Å²) in [4.78, 5) is 2.29. The van der Waals surface area contributed by atoms with Gasteiger partial charge in [0.15, 0.2) is 0 Å². The quantitative estimate of drug-likeness (QED) is 0.657. The number of hydrogen-bond acceptors (Lipinski definition) is 4. The lowest BCUT2D eigenvalue weighted by Gasteiger charge is -2.32. The summed E-state index contributed by atoms with van der Waals surface area (Å²) in [5, 5.41) is 0. The molecule has 5 nitrogen and oxygen atoms in total. The molecule has 4 rings (SSSR count). The Bertz CT molecular complexity index is 968. The lowest BCUT2D eigenvalue weighted by molar-refractivity contribution is 0.170. The molecular weight excluding hydrogens is 415 g/mol. The van der Waals surface area contributed by atoms with E-state index in [0.717, 1.165) is 44.3 Å². The maximum Gasteiger partial charge on any atom is 0.240 e. The molecule has 1 saturated carbocycles. The van der Waals surface area contributed by atoms with E-state index in [-0.39, 0.29) is 10.9 Å². The first-order valence-corrected chi connectivity index (χ1v) is 12.7. The average molecular weight is 447 g/mol. The molecule has 2 aromatic carbocycles. The molecule has 0 spiro atoms. The van der Waals surface area contributed by atoms with E-state index in [2.05, 4.69) is 27.8 Å². The number of sulfonamides is 1. The van der Waals surface area contributed by atoms with Crippen LogP contribution in [0, 0.1) is 5.82 Å². The number of ether oxygens (including phenoxy) is 1. The third-order valence-corrected chi connectivity index (χ3v) is 7.91. The van der Waals surface area contributed by atoms with Gasteiger partial charge < -0.3 is 4.74 Å². The Balaban J connectivity index is 1.23.